The SMILES string of the molecule is Cc1c(C(=O)N(C)CC#N)cnn1-c1ccc(C(F)(F)F)cn1. The summed E-state index contributed by atoms with van der Waals surface area (Å²) in [6, 6.07) is 3.93. The molecule has 0 saturated heterocycles. The van der Waals surface area contributed by atoms with Crippen molar-refractivity contribution in [1.82, 2.24) is 19.7 Å². The summed E-state index contributed by atoms with van der Waals surface area (Å²) < 4.78 is 38.9. The fourth-order valence-corrected chi connectivity index (χ4v) is 1.91. The Morgan fingerprint density at radius 3 is 2.61 bits per heavy atom. The minimum Gasteiger partial charge on any atom is -0.328 e. The van der Waals surface area contributed by atoms with E-state index < -0.39 is 17.6 Å². The number of carbonyl (C=O) groups is 1. The largest absolute Gasteiger partial charge is 0.417 e. The fourth-order valence-electron chi connectivity index (χ4n) is 1.91. The van der Waals surface area contributed by atoms with Gasteiger partial charge in [0.25, 0.3) is 5.91 Å². The number of pyridine rings is 1. The second kappa shape index (κ2) is 6.08. The average molecular weight is 323 g/mol. The Balaban J connectivity index is 2.33. The molecule has 0 atom stereocenters. The molecule has 0 fully saturated rings. The summed E-state index contributed by atoms with van der Waals surface area (Å²) in [5.74, 6) is -0.236. The molecule has 0 bridgehead atoms. The maximum absolute atomic E-state index is 12.5. The monoisotopic (exact) mass is 323 g/mol. The van der Waals surface area contributed by atoms with Crippen LogP contribution in [-0.2, 0) is 6.18 Å². The number of carbonyl (C=O) groups excluding carboxylic acids is 1. The molecule has 0 aliphatic rings. The molecule has 23 heavy (non-hydrogen) atoms. The summed E-state index contributed by atoms with van der Waals surface area (Å²) >= 11 is 0. The molecule has 0 aromatic carbocycles. The van der Waals surface area contributed by atoms with Gasteiger partial charge in [-0.2, -0.15) is 23.5 Å². The van der Waals surface area contributed by atoms with Crippen molar-refractivity contribution in [3.63, 3.8) is 0 Å². The van der Waals surface area contributed by atoms with Crippen LogP contribution in [0.3, 0.4) is 0 Å². The maximum atomic E-state index is 12.5. The van der Waals surface area contributed by atoms with Crippen LogP contribution in [0.5, 0.6) is 0 Å². The van der Waals surface area contributed by atoms with Gasteiger partial charge < -0.3 is 4.90 Å². The number of halogens is 3. The lowest BCUT2D eigenvalue weighted by Crippen LogP contribution is -2.27. The van der Waals surface area contributed by atoms with E-state index in [1.165, 1.54) is 28.9 Å². The first-order valence-electron chi connectivity index (χ1n) is 6.46. The topological polar surface area (TPSA) is 74.8 Å². The Morgan fingerprint density at radius 2 is 2.09 bits per heavy atom. The first kappa shape index (κ1) is 16.5. The van der Waals surface area contributed by atoms with E-state index in [0.717, 1.165) is 6.07 Å². The Bertz CT molecular complexity index is 758. The van der Waals surface area contributed by atoms with Crippen molar-refractivity contribution in [3.8, 4) is 11.9 Å². The van der Waals surface area contributed by atoms with Crippen molar-refractivity contribution in [2.75, 3.05) is 13.6 Å². The van der Waals surface area contributed by atoms with E-state index in [-0.39, 0.29) is 17.9 Å². The number of rotatable bonds is 3. The third kappa shape index (κ3) is 3.31. The molecule has 2 rings (SSSR count). The number of nitrogens with zero attached hydrogens (tertiary/aromatic N) is 5. The van der Waals surface area contributed by atoms with Gasteiger partial charge in [-0.05, 0) is 19.1 Å². The quantitative estimate of drug-likeness (QED) is 0.812. The van der Waals surface area contributed by atoms with E-state index >= 15 is 0 Å². The lowest BCUT2D eigenvalue weighted by molar-refractivity contribution is -0.137. The molecule has 0 aliphatic heterocycles. The van der Waals surface area contributed by atoms with Crippen LogP contribution >= 0.6 is 0 Å². The normalized spacial score (nSPS) is 11.1. The van der Waals surface area contributed by atoms with Crippen LogP contribution in [0, 0.1) is 18.3 Å². The van der Waals surface area contributed by atoms with Gasteiger partial charge in [0, 0.05) is 13.2 Å². The molecule has 1 amide bonds. The van der Waals surface area contributed by atoms with Crippen LogP contribution in [-0.4, -0.2) is 39.2 Å². The number of nitriles is 1. The first-order valence-corrected chi connectivity index (χ1v) is 6.46. The van der Waals surface area contributed by atoms with Crippen LogP contribution in [0.2, 0.25) is 0 Å². The maximum Gasteiger partial charge on any atom is 0.417 e. The Morgan fingerprint density at radius 1 is 1.39 bits per heavy atom. The van der Waals surface area contributed by atoms with Crippen LogP contribution in [0.4, 0.5) is 13.2 Å². The Labute approximate surface area is 129 Å². The summed E-state index contributed by atoms with van der Waals surface area (Å²) in [5.41, 5.74) is -0.187. The zero-order valence-electron chi connectivity index (χ0n) is 12.3. The van der Waals surface area contributed by atoms with E-state index in [1.807, 2.05) is 6.07 Å². The van der Waals surface area contributed by atoms with E-state index in [0.29, 0.717) is 11.9 Å². The van der Waals surface area contributed by atoms with Gasteiger partial charge >= 0.3 is 6.18 Å². The van der Waals surface area contributed by atoms with Crippen molar-refractivity contribution >= 4 is 5.91 Å². The van der Waals surface area contributed by atoms with Crippen molar-refractivity contribution in [2.24, 2.45) is 0 Å². The van der Waals surface area contributed by atoms with Crippen LogP contribution < -0.4 is 0 Å². The fraction of sp³-hybridized carbons (Fsp3) is 0.286. The minimum atomic E-state index is -4.47. The summed E-state index contributed by atoms with van der Waals surface area (Å²) in [6.07, 6.45) is -2.46. The highest BCUT2D eigenvalue weighted by molar-refractivity contribution is 5.95. The van der Waals surface area contributed by atoms with Gasteiger partial charge in [-0.25, -0.2) is 9.67 Å². The molecule has 120 valence electrons. The van der Waals surface area contributed by atoms with Crippen molar-refractivity contribution in [1.29, 1.82) is 5.26 Å². The van der Waals surface area contributed by atoms with Gasteiger partial charge in [0.2, 0.25) is 0 Å². The lowest BCUT2D eigenvalue weighted by atomic mass is 10.2. The van der Waals surface area contributed by atoms with Crippen LogP contribution in [0.1, 0.15) is 21.6 Å². The summed E-state index contributed by atoms with van der Waals surface area (Å²) in [6.45, 7) is 1.52. The van der Waals surface area contributed by atoms with Gasteiger partial charge in [-0.1, -0.05) is 0 Å². The van der Waals surface area contributed by atoms with E-state index in [2.05, 4.69) is 10.1 Å². The average Bonchev–Trinajstić information content (AvgIpc) is 2.87. The van der Waals surface area contributed by atoms with Gasteiger partial charge in [0.05, 0.1) is 29.1 Å². The molecule has 9 heteroatoms. The summed E-state index contributed by atoms with van der Waals surface area (Å²) in [4.78, 5) is 17.1. The van der Waals surface area contributed by atoms with E-state index in [1.54, 1.807) is 6.92 Å². The van der Waals surface area contributed by atoms with Gasteiger partial charge in [0.1, 0.15) is 6.54 Å². The molecule has 0 spiro atoms. The highest BCUT2D eigenvalue weighted by Crippen LogP contribution is 2.28. The number of amides is 1. The predicted molar refractivity (Wildman–Crippen MR) is 73.7 cm³/mol. The van der Waals surface area contributed by atoms with E-state index in [4.69, 9.17) is 5.26 Å². The molecule has 6 nitrogen and oxygen atoms in total. The highest BCUT2D eigenvalue weighted by atomic mass is 19.4. The molecule has 0 N–H and O–H groups in total. The molecular weight excluding hydrogens is 311 g/mol. The van der Waals surface area contributed by atoms with Crippen LogP contribution in [0.25, 0.3) is 5.82 Å². The Hall–Kier alpha value is -2.89. The number of alkyl halides is 3. The molecule has 0 unspecified atom stereocenters. The zero-order chi connectivity index (χ0) is 17.2. The standard InChI is InChI=1S/C14H12F3N5O/c1-9-11(13(23)21(2)6-5-18)8-20-22(9)12-4-3-10(7-19-12)14(15,16)17/h3-4,7-8H,6H2,1-2H3. The zero-order valence-corrected chi connectivity index (χ0v) is 12.3. The third-order valence-corrected chi connectivity index (χ3v) is 3.19. The molecule has 2 aromatic heterocycles. The molecular formula is C14H12F3N5O. The van der Waals surface area contributed by atoms with Crippen molar-refractivity contribution in [3.05, 3.63) is 41.3 Å². The first-order chi connectivity index (χ1) is 10.8. The second-order valence-corrected chi connectivity index (χ2v) is 4.78. The molecule has 2 aromatic rings. The molecule has 0 radical (unpaired) electrons. The second-order valence-electron chi connectivity index (χ2n) is 4.78. The van der Waals surface area contributed by atoms with Gasteiger partial charge in [-0.3, -0.25) is 4.79 Å². The summed E-state index contributed by atoms with van der Waals surface area (Å²) in [5, 5.41) is 12.6. The lowest BCUT2D eigenvalue weighted by Gasteiger charge is -2.12. The predicted octanol–water partition coefficient (Wildman–Crippen LogP) is 2.19. The van der Waals surface area contributed by atoms with E-state index in [9.17, 15) is 18.0 Å². The third-order valence-electron chi connectivity index (χ3n) is 3.19. The minimum absolute atomic E-state index is 0.0814. The Kier molecular flexibility index (Phi) is 4.36. The number of hydrogen-bond donors (Lipinski definition) is 0. The number of hydrogen-bond acceptors (Lipinski definition) is 4. The molecule has 2 heterocycles. The smallest absolute Gasteiger partial charge is 0.328 e. The van der Waals surface area contributed by atoms with Crippen LogP contribution in [0.15, 0.2) is 24.5 Å². The molecule has 0 aliphatic carbocycles. The van der Waals surface area contributed by atoms with Crippen molar-refractivity contribution < 1.29 is 18.0 Å². The van der Waals surface area contributed by atoms with Gasteiger partial charge in [0.15, 0.2) is 5.82 Å². The number of aromatic nitrogens is 3. The highest BCUT2D eigenvalue weighted by Gasteiger charge is 2.30. The van der Waals surface area contributed by atoms with Crippen molar-refractivity contribution in [2.45, 2.75) is 13.1 Å². The molecule has 0 saturated carbocycles. The van der Waals surface area contributed by atoms with Gasteiger partial charge in [-0.15, -0.1) is 0 Å². The summed E-state index contributed by atoms with van der Waals surface area (Å²) in [7, 11) is 1.47.